The summed E-state index contributed by atoms with van der Waals surface area (Å²) in [7, 11) is 0. The number of rotatable bonds is 5. The van der Waals surface area contributed by atoms with Crippen LogP contribution >= 0.6 is 0 Å². The summed E-state index contributed by atoms with van der Waals surface area (Å²) >= 11 is 0. The molecule has 0 spiro atoms. The number of nitrogens with one attached hydrogen (secondary N) is 1. The number of aryl methyl sites for hydroxylation is 2. The van der Waals surface area contributed by atoms with Crippen LogP contribution in [0.2, 0.25) is 0 Å². The van der Waals surface area contributed by atoms with Crippen LogP contribution in [0.5, 0.6) is 0 Å². The van der Waals surface area contributed by atoms with Gasteiger partial charge in [0.05, 0.1) is 0 Å². The van der Waals surface area contributed by atoms with Gasteiger partial charge in [0.2, 0.25) is 0 Å². The molecule has 2 atom stereocenters. The van der Waals surface area contributed by atoms with Crippen LogP contribution in [0.15, 0.2) is 18.2 Å². The first-order valence-corrected chi connectivity index (χ1v) is 8.87. The number of fused-ring (bicyclic) bond motifs is 1. The van der Waals surface area contributed by atoms with Gasteiger partial charge in [-0.25, -0.2) is 0 Å². The zero-order valence-corrected chi connectivity index (χ0v) is 13.7. The fourth-order valence-corrected chi connectivity index (χ4v) is 4.06. The van der Waals surface area contributed by atoms with E-state index in [-0.39, 0.29) is 0 Å². The van der Waals surface area contributed by atoms with Crippen LogP contribution in [-0.4, -0.2) is 30.6 Å². The van der Waals surface area contributed by atoms with Crippen LogP contribution < -0.4 is 5.32 Å². The molecule has 0 bridgehead atoms. The maximum atomic E-state index is 3.78. The van der Waals surface area contributed by atoms with Crippen molar-refractivity contribution >= 4 is 5.69 Å². The first-order valence-electron chi connectivity index (χ1n) is 8.87. The van der Waals surface area contributed by atoms with Crippen molar-refractivity contribution in [3.05, 3.63) is 29.3 Å². The van der Waals surface area contributed by atoms with E-state index in [0.29, 0.717) is 6.04 Å². The van der Waals surface area contributed by atoms with E-state index in [1.165, 1.54) is 63.8 Å². The molecule has 2 unspecified atom stereocenters. The number of hydrogen-bond acceptors (Lipinski definition) is 2. The Bertz CT molecular complexity index is 467. The molecule has 2 aliphatic rings. The molecule has 1 aromatic carbocycles. The molecule has 1 N–H and O–H groups in total. The quantitative estimate of drug-likeness (QED) is 0.876. The van der Waals surface area contributed by atoms with Crippen LogP contribution in [0.25, 0.3) is 0 Å². The van der Waals surface area contributed by atoms with E-state index in [4.69, 9.17) is 0 Å². The number of likely N-dealkylation sites (tertiary alicyclic amines) is 1. The van der Waals surface area contributed by atoms with Gasteiger partial charge in [0.25, 0.3) is 0 Å². The van der Waals surface area contributed by atoms with Gasteiger partial charge in [0.1, 0.15) is 0 Å². The first kappa shape index (κ1) is 14.9. The van der Waals surface area contributed by atoms with Crippen LogP contribution in [0.4, 0.5) is 5.69 Å². The van der Waals surface area contributed by atoms with Crippen LogP contribution in [0.3, 0.4) is 0 Å². The van der Waals surface area contributed by atoms with Gasteiger partial charge >= 0.3 is 0 Å². The molecule has 2 nitrogen and oxygen atoms in total. The van der Waals surface area contributed by atoms with E-state index >= 15 is 0 Å². The van der Waals surface area contributed by atoms with Crippen molar-refractivity contribution in [3.63, 3.8) is 0 Å². The summed E-state index contributed by atoms with van der Waals surface area (Å²) in [4.78, 5) is 2.65. The second-order valence-corrected chi connectivity index (χ2v) is 6.97. The standard InChI is InChI=1S/C19H30N2/c1-3-11-21-12-5-8-18(14-21)15(2)20-19-10-9-16-6-4-7-17(16)13-19/h9-10,13,15,18,20H,3-8,11-12,14H2,1-2H3. The molecule has 2 heteroatoms. The Morgan fingerprint density at radius 1 is 1.24 bits per heavy atom. The maximum Gasteiger partial charge on any atom is 0.0345 e. The number of piperidine rings is 1. The van der Waals surface area contributed by atoms with E-state index < -0.39 is 0 Å². The van der Waals surface area contributed by atoms with E-state index in [9.17, 15) is 0 Å². The molecule has 3 rings (SSSR count). The lowest BCUT2D eigenvalue weighted by Crippen LogP contribution is -2.42. The molecule has 1 heterocycles. The zero-order valence-electron chi connectivity index (χ0n) is 13.7. The van der Waals surface area contributed by atoms with Crippen molar-refractivity contribution in [1.29, 1.82) is 0 Å². The molecule has 116 valence electrons. The summed E-state index contributed by atoms with van der Waals surface area (Å²) in [6, 6.07) is 7.59. The lowest BCUT2D eigenvalue weighted by atomic mass is 9.91. The monoisotopic (exact) mass is 286 g/mol. The minimum Gasteiger partial charge on any atom is -0.382 e. The number of nitrogens with zero attached hydrogens (tertiary/aromatic N) is 1. The molecule has 21 heavy (non-hydrogen) atoms. The lowest BCUT2D eigenvalue weighted by molar-refractivity contribution is 0.165. The maximum absolute atomic E-state index is 3.78. The third-order valence-corrected chi connectivity index (χ3v) is 5.28. The summed E-state index contributed by atoms with van der Waals surface area (Å²) in [6.07, 6.45) is 7.90. The fraction of sp³-hybridized carbons (Fsp3) is 0.684. The van der Waals surface area contributed by atoms with Crippen molar-refractivity contribution in [2.45, 2.75) is 58.4 Å². The molecular weight excluding hydrogens is 256 g/mol. The Hall–Kier alpha value is -1.02. The molecule has 1 saturated heterocycles. The van der Waals surface area contributed by atoms with E-state index in [1.807, 2.05) is 0 Å². The topological polar surface area (TPSA) is 15.3 Å². The van der Waals surface area contributed by atoms with E-state index in [0.717, 1.165) is 5.92 Å². The third-order valence-electron chi connectivity index (χ3n) is 5.28. The summed E-state index contributed by atoms with van der Waals surface area (Å²) < 4.78 is 0. The van der Waals surface area contributed by atoms with Crippen molar-refractivity contribution in [2.75, 3.05) is 25.0 Å². The minimum atomic E-state index is 0.573. The highest BCUT2D eigenvalue weighted by Gasteiger charge is 2.24. The van der Waals surface area contributed by atoms with Gasteiger partial charge in [-0.3, -0.25) is 0 Å². The molecule has 0 aromatic heterocycles. The second kappa shape index (κ2) is 6.83. The van der Waals surface area contributed by atoms with E-state index in [2.05, 4.69) is 42.3 Å². The Labute approximate surface area is 129 Å². The van der Waals surface area contributed by atoms with Gasteiger partial charge < -0.3 is 10.2 Å². The van der Waals surface area contributed by atoms with Crippen LogP contribution in [0, 0.1) is 5.92 Å². The molecule has 1 aliphatic carbocycles. The van der Waals surface area contributed by atoms with E-state index in [1.54, 1.807) is 11.1 Å². The summed E-state index contributed by atoms with van der Waals surface area (Å²) in [5.74, 6) is 0.790. The van der Waals surface area contributed by atoms with Gasteiger partial charge in [-0.15, -0.1) is 0 Å². The largest absolute Gasteiger partial charge is 0.382 e. The molecule has 1 aliphatic heterocycles. The summed E-state index contributed by atoms with van der Waals surface area (Å²) in [6.45, 7) is 8.49. The molecule has 0 saturated carbocycles. The minimum absolute atomic E-state index is 0.573. The molecule has 1 aromatic rings. The third kappa shape index (κ3) is 3.60. The van der Waals surface area contributed by atoms with Crippen LogP contribution in [0.1, 0.15) is 50.7 Å². The highest BCUT2D eigenvalue weighted by atomic mass is 15.1. The predicted molar refractivity (Wildman–Crippen MR) is 91.0 cm³/mol. The molecule has 0 radical (unpaired) electrons. The van der Waals surface area contributed by atoms with Crippen molar-refractivity contribution in [2.24, 2.45) is 5.92 Å². The van der Waals surface area contributed by atoms with Gasteiger partial charge in [0, 0.05) is 18.3 Å². The Balaban J connectivity index is 1.59. The molecule has 1 fully saturated rings. The van der Waals surface area contributed by atoms with Gasteiger partial charge in [0.15, 0.2) is 0 Å². The van der Waals surface area contributed by atoms with Gasteiger partial charge in [-0.05, 0) is 87.7 Å². The van der Waals surface area contributed by atoms with Crippen molar-refractivity contribution in [1.82, 2.24) is 4.90 Å². The smallest absolute Gasteiger partial charge is 0.0345 e. The van der Waals surface area contributed by atoms with Crippen molar-refractivity contribution < 1.29 is 0 Å². The Morgan fingerprint density at radius 2 is 2.10 bits per heavy atom. The second-order valence-electron chi connectivity index (χ2n) is 6.97. The van der Waals surface area contributed by atoms with Gasteiger partial charge in [-0.1, -0.05) is 13.0 Å². The lowest BCUT2D eigenvalue weighted by Gasteiger charge is -2.36. The summed E-state index contributed by atoms with van der Waals surface area (Å²) in [5.41, 5.74) is 4.47. The highest BCUT2D eigenvalue weighted by Crippen LogP contribution is 2.27. The average molecular weight is 286 g/mol. The Kier molecular flexibility index (Phi) is 4.84. The average Bonchev–Trinajstić information content (AvgIpc) is 2.95. The molecule has 0 amide bonds. The first-order chi connectivity index (χ1) is 10.3. The summed E-state index contributed by atoms with van der Waals surface area (Å²) in [5, 5.41) is 3.78. The number of hydrogen-bond donors (Lipinski definition) is 1. The van der Waals surface area contributed by atoms with Crippen LogP contribution in [-0.2, 0) is 12.8 Å². The van der Waals surface area contributed by atoms with Gasteiger partial charge in [-0.2, -0.15) is 0 Å². The molecular formula is C19H30N2. The number of anilines is 1. The fourth-order valence-electron chi connectivity index (χ4n) is 4.06. The van der Waals surface area contributed by atoms with Crippen molar-refractivity contribution in [3.8, 4) is 0 Å². The Morgan fingerprint density at radius 3 is 2.95 bits per heavy atom. The normalized spacial score (nSPS) is 23.8. The number of benzene rings is 1. The predicted octanol–water partition coefficient (Wildman–Crippen LogP) is 4.10. The highest BCUT2D eigenvalue weighted by molar-refractivity contribution is 5.50. The SMILES string of the molecule is CCCN1CCCC(C(C)Nc2ccc3c(c2)CCC3)C1. The zero-order chi connectivity index (χ0) is 14.7.